The van der Waals surface area contributed by atoms with Crippen LogP contribution in [0.2, 0.25) is 0 Å². The molecule has 0 unspecified atom stereocenters. The van der Waals surface area contributed by atoms with Gasteiger partial charge in [0.1, 0.15) is 16.3 Å². The van der Waals surface area contributed by atoms with Crippen molar-refractivity contribution in [1.82, 2.24) is 0 Å². The van der Waals surface area contributed by atoms with Gasteiger partial charge >= 0.3 is 0 Å². The number of ketones is 1. The molecule has 0 amide bonds. The molecule has 13 heteroatoms. The lowest BCUT2D eigenvalue weighted by molar-refractivity contribution is -0.113. The monoisotopic (exact) mass is 380 g/mol. The molecule has 24 heavy (non-hydrogen) atoms. The average molecular weight is 380 g/mol. The fraction of sp³-hybridized carbons (Fsp3) is 0.182. The first-order valence-corrected chi connectivity index (χ1v) is 8.77. The Morgan fingerprint density at radius 2 is 1.58 bits per heavy atom. The lowest BCUT2D eigenvalue weighted by atomic mass is 10.3. The Kier molecular flexibility index (Phi) is 5.45. The van der Waals surface area contributed by atoms with Crippen molar-refractivity contribution in [1.29, 1.82) is 0 Å². The minimum atomic E-state index is -5.07. The summed E-state index contributed by atoms with van der Waals surface area (Å²) in [4.78, 5) is 8.98. The summed E-state index contributed by atoms with van der Waals surface area (Å²) in [5.41, 5.74) is -1.34. The van der Waals surface area contributed by atoms with E-state index in [0.29, 0.717) is 12.1 Å². The van der Waals surface area contributed by atoms with Crippen molar-refractivity contribution in [3.63, 3.8) is 0 Å². The minimum absolute atomic E-state index is 0.304. The molecule has 132 valence electrons. The van der Waals surface area contributed by atoms with Gasteiger partial charge in [0, 0.05) is 6.92 Å². The first kappa shape index (κ1) is 19.7. The van der Waals surface area contributed by atoms with Gasteiger partial charge in [0.25, 0.3) is 20.2 Å². The van der Waals surface area contributed by atoms with E-state index in [-0.39, 0.29) is 0 Å². The Bertz CT molecular complexity index is 955. The number of Topliss-reactive ketones (excluding diaryl/α,β-unsaturated/α-hetero) is 1. The summed E-state index contributed by atoms with van der Waals surface area (Å²) in [5.74, 6) is -2.43. The van der Waals surface area contributed by atoms with Crippen molar-refractivity contribution in [3.8, 4) is 5.75 Å². The molecule has 11 nitrogen and oxygen atoms in total. The number of hydrogen-bond donors (Lipinski definition) is 4. The number of benzene rings is 1. The summed E-state index contributed by atoms with van der Waals surface area (Å²) in [7, 11) is -9.98. The van der Waals surface area contributed by atoms with Gasteiger partial charge in [-0.25, -0.2) is 0 Å². The lowest BCUT2D eigenvalue weighted by Crippen LogP contribution is -2.04. The molecule has 0 heterocycles. The second-order valence-corrected chi connectivity index (χ2v) is 7.24. The van der Waals surface area contributed by atoms with Crippen LogP contribution in [0.15, 0.2) is 43.6 Å². The van der Waals surface area contributed by atoms with Gasteiger partial charge in [0.2, 0.25) is 0 Å². The van der Waals surface area contributed by atoms with Crippen LogP contribution in [0, 0.1) is 0 Å². The number of carbonyl (C=O) groups excluding carboxylic acids is 1. The van der Waals surface area contributed by atoms with E-state index in [1.54, 1.807) is 0 Å². The van der Waals surface area contributed by atoms with Crippen LogP contribution in [-0.4, -0.2) is 41.9 Å². The molecule has 0 aliphatic rings. The maximum atomic E-state index is 11.2. The molecule has 0 atom stereocenters. The molecule has 0 bridgehead atoms. The topological polar surface area (TPSA) is 191 Å². The molecule has 0 saturated heterocycles. The second kappa shape index (κ2) is 6.64. The fourth-order valence-electron chi connectivity index (χ4n) is 1.49. The van der Waals surface area contributed by atoms with E-state index in [1.807, 2.05) is 0 Å². The maximum absolute atomic E-state index is 11.2. The summed E-state index contributed by atoms with van der Waals surface area (Å²) < 4.78 is 62.7. The Morgan fingerprint density at radius 3 is 1.96 bits per heavy atom. The van der Waals surface area contributed by atoms with E-state index in [9.17, 15) is 31.8 Å². The van der Waals surface area contributed by atoms with E-state index in [4.69, 9.17) is 9.11 Å². The molecule has 1 rings (SSSR count). The summed E-state index contributed by atoms with van der Waals surface area (Å²) in [6.07, 6.45) is 0. The molecule has 0 saturated carbocycles. The third-order valence-corrected chi connectivity index (χ3v) is 4.24. The van der Waals surface area contributed by atoms with Crippen molar-refractivity contribution in [2.75, 3.05) is 0 Å². The average Bonchev–Trinajstić information content (AvgIpc) is 2.37. The van der Waals surface area contributed by atoms with Crippen molar-refractivity contribution >= 4 is 31.7 Å². The number of phenols is 1. The molecule has 0 radical (unpaired) electrons. The van der Waals surface area contributed by atoms with Gasteiger partial charge < -0.3 is 10.2 Å². The number of hydrogen-bond acceptors (Lipinski definition) is 9. The summed E-state index contributed by atoms with van der Waals surface area (Å²) in [6.45, 7) is 2.14. The van der Waals surface area contributed by atoms with Gasteiger partial charge in [-0.05, 0) is 19.1 Å². The van der Waals surface area contributed by atoms with Gasteiger partial charge in [0.05, 0.1) is 4.90 Å². The third-order valence-electron chi connectivity index (χ3n) is 2.54. The Balaban J connectivity index is 3.71. The first-order valence-electron chi connectivity index (χ1n) is 5.89. The lowest BCUT2D eigenvalue weighted by Gasteiger charge is -2.06. The molecular weight excluding hydrogens is 368 g/mol. The van der Waals surface area contributed by atoms with E-state index < -0.39 is 58.7 Å². The highest BCUT2D eigenvalue weighted by atomic mass is 32.2. The van der Waals surface area contributed by atoms with Crippen molar-refractivity contribution in [3.05, 3.63) is 23.6 Å². The molecule has 0 aliphatic heterocycles. The van der Waals surface area contributed by atoms with Crippen LogP contribution in [0.25, 0.3) is 0 Å². The number of rotatable bonds is 5. The number of carbonyl (C=O) groups is 1. The zero-order chi connectivity index (χ0) is 18.9. The number of aliphatic hydroxyl groups is 1. The van der Waals surface area contributed by atoms with Gasteiger partial charge in [-0.15, -0.1) is 10.2 Å². The highest BCUT2D eigenvalue weighted by Crippen LogP contribution is 2.36. The van der Waals surface area contributed by atoms with Crippen LogP contribution in [0.4, 0.5) is 5.69 Å². The van der Waals surface area contributed by atoms with Gasteiger partial charge in [-0.2, -0.15) is 16.8 Å². The molecule has 0 aromatic heterocycles. The van der Waals surface area contributed by atoms with Gasteiger partial charge in [-0.1, -0.05) is 0 Å². The zero-order valence-corrected chi connectivity index (χ0v) is 13.8. The second-order valence-electron chi connectivity index (χ2n) is 4.43. The zero-order valence-electron chi connectivity index (χ0n) is 12.2. The predicted octanol–water partition coefficient (Wildman–Crippen LogP) is 1.35. The molecule has 1 aromatic carbocycles. The fourth-order valence-corrected chi connectivity index (χ4v) is 2.72. The number of phenolic OH excluding ortho intramolecular Hbond substituents is 1. The molecule has 0 spiro atoms. The number of aromatic hydroxyl groups is 1. The largest absolute Gasteiger partial charge is 0.510 e. The van der Waals surface area contributed by atoms with Crippen LogP contribution >= 0.6 is 0 Å². The molecule has 0 fully saturated rings. The van der Waals surface area contributed by atoms with E-state index >= 15 is 0 Å². The standard InChI is InChI=1S/C11H12N2O9S2/c1-5(14)10(6(2)15)13-12-8-3-7(23(17,18)19)4-9(11(8)16)24(20,21)22/h3-4,14,16H,1-2H3,(H,17,18,19)(H,20,21,22)/b10-5-,13-12?. The number of nitrogens with zero attached hydrogens (tertiary/aromatic N) is 2. The van der Waals surface area contributed by atoms with Crippen molar-refractivity contribution < 1.29 is 40.9 Å². The Hall–Kier alpha value is -2.35. The highest BCUT2D eigenvalue weighted by Gasteiger charge is 2.24. The number of allylic oxidation sites excluding steroid dienone is 2. The summed E-state index contributed by atoms with van der Waals surface area (Å²) in [6, 6.07) is 0.853. The van der Waals surface area contributed by atoms with E-state index in [0.717, 1.165) is 13.8 Å². The van der Waals surface area contributed by atoms with Crippen molar-refractivity contribution in [2.45, 2.75) is 23.6 Å². The van der Waals surface area contributed by atoms with Gasteiger partial charge in [-0.3, -0.25) is 13.9 Å². The van der Waals surface area contributed by atoms with Crippen molar-refractivity contribution in [2.24, 2.45) is 10.2 Å². The van der Waals surface area contributed by atoms with Crippen LogP contribution in [0.3, 0.4) is 0 Å². The van der Waals surface area contributed by atoms with Crippen LogP contribution in [0.1, 0.15) is 13.8 Å². The number of aliphatic hydroxyl groups excluding tert-OH is 1. The predicted molar refractivity (Wildman–Crippen MR) is 78.3 cm³/mol. The molecule has 4 N–H and O–H groups in total. The SMILES string of the molecule is CC(=O)/C(N=Nc1cc(S(=O)(=O)O)cc(S(=O)(=O)O)c1O)=C(\C)O. The van der Waals surface area contributed by atoms with Crippen LogP contribution < -0.4 is 0 Å². The Morgan fingerprint density at radius 1 is 1.04 bits per heavy atom. The van der Waals surface area contributed by atoms with E-state index in [1.165, 1.54) is 0 Å². The molecule has 1 aromatic rings. The number of azo groups is 1. The normalized spacial score (nSPS) is 13.8. The van der Waals surface area contributed by atoms with Crippen LogP contribution in [-0.2, 0) is 25.0 Å². The quantitative estimate of drug-likeness (QED) is 0.252. The summed E-state index contributed by atoms with van der Waals surface area (Å²) in [5, 5.41) is 25.6. The van der Waals surface area contributed by atoms with Gasteiger partial charge in [0.15, 0.2) is 17.2 Å². The summed E-state index contributed by atoms with van der Waals surface area (Å²) >= 11 is 0. The molecule has 0 aliphatic carbocycles. The third kappa shape index (κ3) is 4.58. The molecular formula is C11H12N2O9S2. The first-order chi connectivity index (χ1) is 10.7. The minimum Gasteiger partial charge on any atom is -0.510 e. The Labute approximate surface area is 136 Å². The smallest absolute Gasteiger partial charge is 0.298 e. The van der Waals surface area contributed by atoms with E-state index in [2.05, 4.69) is 10.2 Å². The highest BCUT2D eigenvalue weighted by molar-refractivity contribution is 7.86. The maximum Gasteiger partial charge on any atom is 0.298 e. The van der Waals surface area contributed by atoms with Crippen LogP contribution in [0.5, 0.6) is 5.75 Å².